The van der Waals surface area contributed by atoms with Gasteiger partial charge in [0.25, 0.3) is 0 Å². The van der Waals surface area contributed by atoms with Gasteiger partial charge in [-0.25, -0.2) is 0 Å². The second-order valence-electron chi connectivity index (χ2n) is 1.40. The van der Waals surface area contributed by atoms with Crippen LogP contribution in [0.25, 0.3) is 0 Å². The van der Waals surface area contributed by atoms with Crippen LogP contribution in [0.15, 0.2) is 0 Å². The largest absolute Gasteiger partial charge is 0.321 e. The summed E-state index contributed by atoms with van der Waals surface area (Å²) in [6.45, 7) is 0. The molecule has 0 saturated heterocycles. The molecule has 0 spiro atoms. The topological polar surface area (TPSA) is 43.1 Å². The molecule has 0 bridgehead atoms. The first-order chi connectivity index (χ1) is 3.81. The first-order valence-corrected chi connectivity index (χ1v) is 3.73. The van der Waals surface area contributed by atoms with Crippen molar-refractivity contribution in [1.82, 2.24) is 0 Å². The third-order valence-corrected chi connectivity index (χ3v) is 1.22. The van der Waals surface area contributed by atoms with Crippen LogP contribution in [0.3, 0.4) is 0 Å². The minimum Gasteiger partial charge on any atom is -0.321 e. The van der Waals surface area contributed by atoms with Crippen molar-refractivity contribution >= 4 is 18.0 Å². The Morgan fingerprint density at radius 1 is 1.88 bits per heavy atom. The van der Waals surface area contributed by atoms with Crippen molar-refractivity contribution in [3.63, 3.8) is 0 Å². The van der Waals surface area contributed by atoms with E-state index in [0.717, 1.165) is 12.0 Å². The molecule has 0 aromatic heterocycles. The summed E-state index contributed by atoms with van der Waals surface area (Å²) in [6, 6.07) is -0.373. The predicted octanol–water partition coefficient (Wildman–Crippen LogP) is 0.0799. The molecule has 0 rings (SSSR count). The summed E-state index contributed by atoms with van der Waals surface area (Å²) in [7, 11) is 0. The van der Waals surface area contributed by atoms with Crippen molar-refractivity contribution in [3.05, 3.63) is 6.42 Å². The third-order valence-electron chi connectivity index (χ3n) is 0.692. The molecule has 1 radical (unpaired) electrons. The van der Waals surface area contributed by atoms with Gasteiger partial charge in [-0.15, -0.1) is 0 Å². The van der Waals surface area contributed by atoms with Gasteiger partial charge in [-0.2, -0.15) is 11.8 Å². The molecular formula is C5H10NOS. The molecule has 0 aliphatic heterocycles. The highest BCUT2D eigenvalue weighted by atomic mass is 32.2. The summed E-state index contributed by atoms with van der Waals surface area (Å²) >= 11 is 1.65. The lowest BCUT2D eigenvalue weighted by Crippen LogP contribution is -2.22. The molecule has 0 aromatic carbocycles. The summed E-state index contributed by atoms with van der Waals surface area (Å²) in [6.07, 6.45) is 4.47. The highest BCUT2D eigenvalue weighted by Crippen LogP contribution is 1.94. The van der Waals surface area contributed by atoms with Crippen molar-refractivity contribution in [3.8, 4) is 0 Å². The maximum absolute atomic E-state index is 9.85. The average Bonchev–Trinajstić information content (AvgIpc) is 1.83. The molecule has 2 N–H and O–H groups in total. The predicted molar refractivity (Wildman–Crippen MR) is 36.7 cm³/mol. The number of aldehydes is 1. The summed E-state index contributed by atoms with van der Waals surface area (Å²) < 4.78 is 0. The van der Waals surface area contributed by atoms with Crippen molar-refractivity contribution < 1.29 is 4.79 Å². The first kappa shape index (κ1) is 7.98. The minimum atomic E-state index is -0.373. The molecule has 1 atom stereocenters. The molecule has 3 heteroatoms. The Morgan fingerprint density at radius 3 is 2.88 bits per heavy atom. The standard InChI is InChI=1S/C5H10NOS/c1-8-3-2-5(6)4-7/h2,4-5H,3,6H2,1H3/t5-/m0/s1. The van der Waals surface area contributed by atoms with Gasteiger partial charge < -0.3 is 10.5 Å². The fraction of sp³-hybridized carbons (Fsp3) is 0.600. The minimum absolute atomic E-state index is 0.373. The van der Waals surface area contributed by atoms with E-state index >= 15 is 0 Å². The molecule has 0 unspecified atom stereocenters. The van der Waals surface area contributed by atoms with Crippen molar-refractivity contribution in [2.24, 2.45) is 5.73 Å². The SMILES string of the molecule is CSC[CH][C@H](N)C=O. The third kappa shape index (κ3) is 4.15. The number of carbonyl (C=O) groups excluding carboxylic acids is 1. The number of rotatable bonds is 4. The van der Waals surface area contributed by atoms with Gasteiger partial charge in [0.1, 0.15) is 6.29 Å². The summed E-state index contributed by atoms with van der Waals surface area (Å²) in [5.41, 5.74) is 5.22. The van der Waals surface area contributed by atoms with Gasteiger partial charge in [-0.3, -0.25) is 0 Å². The van der Waals surface area contributed by atoms with Crippen LogP contribution in [0.2, 0.25) is 0 Å². The summed E-state index contributed by atoms with van der Waals surface area (Å²) in [4.78, 5) is 9.85. The van der Waals surface area contributed by atoms with Crippen LogP contribution in [-0.2, 0) is 4.79 Å². The van der Waals surface area contributed by atoms with Crippen LogP contribution < -0.4 is 5.73 Å². The Labute approximate surface area is 53.8 Å². The van der Waals surface area contributed by atoms with Crippen LogP contribution in [0, 0.1) is 6.42 Å². The lowest BCUT2D eigenvalue weighted by Gasteiger charge is -1.97. The Morgan fingerprint density at radius 2 is 2.50 bits per heavy atom. The van der Waals surface area contributed by atoms with E-state index in [4.69, 9.17) is 5.73 Å². The summed E-state index contributed by atoms with van der Waals surface area (Å²) in [5, 5.41) is 0. The van der Waals surface area contributed by atoms with Crippen molar-refractivity contribution in [2.75, 3.05) is 12.0 Å². The van der Waals surface area contributed by atoms with Crippen LogP contribution in [-0.4, -0.2) is 24.3 Å². The van der Waals surface area contributed by atoms with E-state index in [1.807, 2.05) is 6.26 Å². The van der Waals surface area contributed by atoms with Crippen LogP contribution in [0.1, 0.15) is 0 Å². The van der Waals surface area contributed by atoms with E-state index in [9.17, 15) is 4.79 Å². The molecule has 0 heterocycles. The van der Waals surface area contributed by atoms with Gasteiger partial charge >= 0.3 is 0 Å². The molecule has 0 aliphatic carbocycles. The van der Waals surface area contributed by atoms with Crippen molar-refractivity contribution in [2.45, 2.75) is 6.04 Å². The monoisotopic (exact) mass is 132 g/mol. The van der Waals surface area contributed by atoms with Gasteiger partial charge in [0, 0.05) is 0 Å². The first-order valence-electron chi connectivity index (χ1n) is 2.34. The highest BCUT2D eigenvalue weighted by molar-refractivity contribution is 7.98. The van der Waals surface area contributed by atoms with Gasteiger partial charge in [0.15, 0.2) is 0 Å². The number of carbonyl (C=O) groups is 1. The Balaban J connectivity index is 2.98. The zero-order valence-electron chi connectivity index (χ0n) is 4.83. The van der Waals surface area contributed by atoms with Gasteiger partial charge in [0.05, 0.1) is 6.04 Å². The lowest BCUT2D eigenvalue weighted by atomic mass is 10.3. The number of hydrogen-bond acceptors (Lipinski definition) is 3. The maximum Gasteiger partial charge on any atom is 0.137 e. The molecule has 0 aliphatic rings. The Kier molecular flexibility index (Phi) is 5.11. The van der Waals surface area contributed by atoms with E-state index in [1.165, 1.54) is 0 Å². The van der Waals surface area contributed by atoms with Crippen LogP contribution in [0.4, 0.5) is 0 Å². The molecular weight excluding hydrogens is 122 g/mol. The van der Waals surface area contributed by atoms with E-state index in [0.29, 0.717) is 0 Å². The van der Waals surface area contributed by atoms with Crippen LogP contribution >= 0.6 is 11.8 Å². The average molecular weight is 132 g/mol. The fourth-order valence-electron chi connectivity index (χ4n) is 0.263. The van der Waals surface area contributed by atoms with Gasteiger partial charge in [0.2, 0.25) is 0 Å². The second-order valence-corrected chi connectivity index (χ2v) is 2.32. The molecule has 0 aromatic rings. The molecule has 2 nitrogen and oxygen atoms in total. The maximum atomic E-state index is 9.85. The lowest BCUT2D eigenvalue weighted by molar-refractivity contribution is -0.108. The molecule has 47 valence electrons. The zero-order chi connectivity index (χ0) is 6.41. The molecule has 8 heavy (non-hydrogen) atoms. The number of nitrogens with two attached hydrogens (primary N) is 1. The summed E-state index contributed by atoms with van der Waals surface area (Å²) in [5.74, 6) is 0.847. The van der Waals surface area contributed by atoms with Gasteiger partial charge in [-0.1, -0.05) is 0 Å². The molecule has 0 amide bonds. The normalized spacial score (nSPS) is 13.2. The van der Waals surface area contributed by atoms with Gasteiger partial charge in [-0.05, 0) is 18.4 Å². The van der Waals surface area contributed by atoms with Crippen LogP contribution in [0.5, 0.6) is 0 Å². The Hall–Kier alpha value is -0.0200. The second kappa shape index (κ2) is 5.12. The van der Waals surface area contributed by atoms with E-state index in [2.05, 4.69) is 0 Å². The fourth-order valence-corrected chi connectivity index (χ4v) is 0.678. The van der Waals surface area contributed by atoms with E-state index < -0.39 is 0 Å². The van der Waals surface area contributed by atoms with E-state index in [1.54, 1.807) is 18.2 Å². The highest BCUT2D eigenvalue weighted by Gasteiger charge is 1.96. The number of thioether (sulfide) groups is 1. The molecule has 0 fully saturated rings. The smallest absolute Gasteiger partial charge is 0.137 e. The Bertz CT molecular complexity index is 67.4. The number of hydrogen-bond donors (Lipinski definition) is 1. The van der Waals surface area contributed by atoms with E-state index in [-0.39, 0.29) is 6.04 Å². The van der Waals surface area contributed by atoms with Crippen molar-refractivity contribution in [1.29, 1.82) is 0 Å². The molecule has 0 saturated carbocycles. The zero-order valence-corrected chi connectivity index (χ0v) is 5.65. The quantitative estimate of drug-likeness (QED) is 0.551.